The summed E-state index contributed by atoms with van der Waals surface area (Å²) in [6.07, 6.45) is 1.81. The minimum Gasteiger partial charge on any atom is -0.484 e. The van der Waals surface area contributed by atoms with E-state index in [1.54, 1.807) is 23.1 Å². The summed E-state index contributed by atoms with van der Waals surface area (Å²) < 4.78 is 30.1. The molecule has 2 rings (SSSR count). The van der Waals surface area contributed by atoms with Crippen molar-refractivity contribution in [2.24, 2.45) is 0 Å². The first-order valence-corrected chi connectivity index (χ1v) is 9.62. The maximum Gasteiger partial charge on any atom is 0.260 e. The summed E-state index contributed by atoms with van der Waals surface area (Å²) in [5.74, 6) is 0.445. The molecule has 1 aromatic rings. The van der Waals surface area contributed by atoms with Crippen molar-refractivity contribution in [1.82, 2.24) is 9.21 Å². The van der Waals surface area contributed by atoms with Crippen LogP contribution in [0.2, 0.25) is 5.02 Å². The Bertz CT molecular complexity index is 678. The number of hydrogen-bond donors (Lipinski definition) is 0. The number of halogens is 1. The summed E-state index contributed by atoms with van der Waals surface area (Å²) in [7, 11) is -3.21. The van der Waals surface area contributed by atoms with Gasteiger partial charge < -0.3 is 9.64 Å². The van der Waals surface area contributed by atoms with Crippen molar-refractivity contribution in [3.8, 4) is 5.75 Å². The molecule has 0 saturated carbocycles. The molecule has 1 fully saturated rings. The minimum absolute atomic E-state index is 0.0695. The van der Waals surface area contributed by atoms with E-state index in [1.165, 1.54) is 10.6 Å². The van der Waals surface area contributed by atoms with Gasteiger partial charge in [-0.15, -0.1) is 0 Å². The monoisotopic (exact) mass is 360 g/mol. The van der Waals surface area contributed by atoms with Gasteiger partial charge in [-0.2, -0.15) is 0 Å². The zero-order valence-electron chi connectivity index (χ0n) is 13.3. The molecule has 0 radical (unpaired) electrons. The Labute approximate surface area is 142 Å². The van der Waals surface area contributed by atoms with Crippen molar-refractivity contribution in [3.05, 3.63) is 28.8 Å². The van der Waals surface area contributed by atoms with Crippen molar-refractivity contribution in [2.45, 2.75) is 13.3 Å². The Hall–Kier alpha value is -1.31. The molecule has 0 aromatic heterocycles. The maximum atomic E-state index is 12.2. The molecule has 6 nitrogen and oxygen atoms in total. The van der Waals surface area contributed by atoms with E-state index >= 15 is 0 Å². The molecule has 0 aliphatic carbocycles. The summed E-state index contributed by atoms with van der Waals surface area (Å²) >= 11 is 5.95. The molecule has 128 valence electrons. The Balaban J connectivity index is 1.89. The Morgan fingerprint density at radius 2 is 2.00 bits per heavy atom. The summed E-state index contributed by atoms with van der Waals surface area (Å²) in [5.41, 5.74) is 0.884. The number of rotatable bonds is 4. The molecule has 0 atom stereocenters. The van der Waals surface area contributed by atoms with E-state index in [-0.39, 0.29) is 12.5 Å². The second-order valence-corrected chi connectivity index (χ2v) is 7.99. The van der Waals surface area contributed by atoms with Crippen molar-refractivity contribution in [3.63, 3.8) is 0 Å². The van der Waals surface area contributed by atoms with Crippen molar-refractivity contribution >= 4 is 27.5 Å². The zero-order chi connectivity index (χ0) is 17.0. The van der Waals surface area contributed by atoms with E-state index in [0.29, 0.717) is 43.4 Å². The molecule has 0 spiro atoms. The van der Waals surface area contributed by atoms with Gasteiger partial charge in [-0.05, 0) is 37.1 Å². The highest BCUT2D eigenvalue weighted by Crippen LogP contribution is 2.21. The van der Waals surface area contributed by atoms with Crippen LogP contribution in [0.1, 0.15) is 12.0 Å². The minimum atomic E-state index is -3.21. The SMILES string of the molecule is Cc1cc(OCC(=O)N2CCCN(S(C)(=O)=O)CC2)ccc1Cl. The van der Waals surface area contributed by atoms with Crippen LogP contribution in [-0.4, -0.2) is 62.6 Å². The lowest BCUT2D eigenvalue weighted by molar-refractivity contribution is -0.133. The fourth-order valence-corrected chi connectivity index (χ4v) is 3.41. The van der Waals surface area contributed by atoms with Gasteiger partial charge in [0.2, 0.25) is 10.0 Å². The third-order valence-electron chi connectivity index (χ3n) is 3.77. The van der Waals surface area contributed by atoms with Gasteiger partial charge in [-0.1, -0.05) is 11.6 Å². The predicted octanol–water partition coefficient (Wildman–Crippen LogP) is 1.52. The number of nitrogens with zero attached hydrogens (tertiary/aromatic N) is 2. The van der Waals surface area contributed by atoms with Crippen LogP contribution >= 0.6 is 11.6 Å². The van der Waals surface area contributed by atoms with Crippen molar-refractivity contribution in [2.75, 3.05) is 39.0 Å². The molecular formula is C15H21ClN2O4S. The largest absolute Gasteiger partial charge is 0.484 e. The average molecular weight is 361 g/mol. The molecule has 1 aliphatic rings. The molecule has 1 amide bonds. The van der Waals surface area contributed by atoms with Gasteiger partial charge in [-0.3, -0.25) is 4.79 Å². The topological polar surface area (TPSA) is 66.9 Å². The highest BCUT2D eigenvalue weighted by molar-refractivity contribution is 7.88. The lowest BCUT2D eigenvalue weighted by atomic mass is 10.2. The number of benzene rings is 1. The highest BCUT2D eigenvalue weighted by atomic mass is 35.5. The zero-order valence-corrected chi connectivity index (χ0v) is 14.9. The Morgan fingerprint density at radius 1 is 1.26 bits per heavy atom. The molecule has 1 aliphatic heterocycles. The average Bonchev–Trinajstić information content (AvgIpc) is 2.74. The predicted molar refractivity (Wildman–Crippen MR) is 89.3 cm³/mol. The molecule has 0 unspecified atom stereocenters. The van der Waals surface area contributed by atoms with Gasteiger partial charge in [0.05, 0.1) is 6.26 Å². The molecule has 1 saturated heterocycles. The molecule has 0 N–H and O–H groups in total. The maximum absolute atomic E-state index is 12.2. The summed E-state index contributed by atoms with van der Waals surface area (Å²) in [4.78, 5) is 13.9. The molecule has 1 heterocycles. The van der Waals surface area contributed by atoms with Crippen LogP contribution in [0, 0.1) is 6.92 Å². The number of ether oxygens (including phenoxy) is 1. The van der Waals surface area contributed by atoms with Crippen LogP contribution in [0.25, 0.3) is 0 Å². The van der Waals surface area contributed by atoms with Crippen LogP contribution in [0.4, 0.5) is 0 Å². The van der Waals surface area contributed by atoms with Gasteiger partial charge in [0, 0.05) is 31.2 Å². The lowest BCUT2D eigenvalue weighted by Crippen LogP contribution is -2.39. The van der Waals surface area contributed by atoms with Crippen molar-refractivity contribution in [1.29, 1.82) is 0 Å². The van der Waals surface area contributed by atoms with Gasteiger partial charge in [-0.25, -0.2) is 12.7 Å². The van der Waals surface area contributed by atoms with Gasteiger partial charge in [0.25, 0.3) is 5.91 Å². The molecule has 8 heteroatoms. The summed E-state index contributed by atoms with van der Waals surface area (Å²) in [5, 5.41) is 0.650. The van der Waals surface area contributed by atoms with Gasteiger partial charge >= 0.3 is 0 Å². The number of amides is 1. The van der Waals surface area contributed by atoms with Crippen molar-refractivity contribution < 1.29 is 17.9 Å². The Morgan fingerprint density at radius 3 is 2.65 bits per heavy atom. The van der Waals surface area contributed by atoms with Crippen LogP contribution in [0.5, 0.6) is 5.75 Å². The second kappa shape index (κ2) is 7.51. The molecule has 23 heavy (non-hydrogen) atoms. The van der Waals surface area contributed by atoms with Gasteiger partial charge in [0.15, 0.2) is 6.61 Å². The number of hydrogen-bond acceptors (Lipinski definition) is 4. The van der Waals surface area contributed by atoms with Crippen LogP contribution in [-0.2, 0) is 14.8 Å². The first-order chi connectivity index (χ1) is 10.8. The highest BCUT2D eigenvalue weighted by Gasteiger charge is 2.23. The smallest absolute Gasteiger partial charge is 0.260 e. The molecule has 0 bridgehead atoms. The van der Waals surface area contributed by atoms with Gasteiger partial charge in [0.1, 0.15) is 5.75 Å². The van der Waals surface area contributed by atoms with Crippen LogP contribution in [0.3, 0.4) is 0 Å². The van der Waals surface area contributed by atoms with E-state index in [2.05, 4.69) is 0 Å². The first kappa shape index (κ1) is 18.0. The molecular weight excluding hydrogens is 340 g/mol. The van der Waals surface area contributed by atoms with Crippen LogP contribution < -0.4 is 4.74 Å². The standard InChI is InChI=1S/C15H21ClN2O4S/c1-12-10-13(4-5-14(12)16)22-11-15(19)17-6-3-7-18(9-8-17)23(2,20)21/h4-5,10H,3,6-9,11H2,1-2H3. The van der Waals surface area contributed by atoms with E-state index in [9.17, 15) is 13.2 Å². The normalized spacial score (nSPS) is 16.9. The Kier molecular flexibility index (Phi) is 5.89. The van der Waals surface area contributed by atoms with E-state index in [4.69, 9.17) is 16.3 Å². The number of sulfonamides is 1. The summed E-state index contributed by atoms with van der Waals surface area (Å²) in [6.45, 7) is 3.48. The van der Waals surface area contributed by atoms with E-state index in [0.717, 1.165) is 5.56 Å². The fourth-order valence-electron chi connectivity index (χ4n) is 2.42. The quantitative estimate of drug-likeness (QED) is 0.816. The fraction of sp³-hybridized carbons (Fsp3) is 0.533. The number of carbonyl (C=O) groups is 1. The first-order valence-electron chi connectivity index (χ1n) is 7.39. The third-order valence-corrected chi connectivity index (χ3v) is 5.50. The number of aryl methyl sites for hydroxylation is 1. The molecule has 1 aromatic carbocycles. The second-order valence-electron chi connectivity index (χ2n) is 5.60. The number of carbonyl (C=O) groups excluding carboxylic acids is 1. The third kappa shape index (κ3) is 5.09. The van der Waals surface area contributed by atoms with Crippen LogP contribution in [0.15, 0.2) is 18.2 Å². The van der Waals surface area contributed by atoms with E-state index in [1.807, 2.05) is 6.92 Å². The summed E-state index contributed by atoms with van der Waals surface area (Å²) in [6, 6.07) is 5.23. The van der Waals surface area contributed by atoms with E-state index < -0.39 is 10.0 Å². The lowest BCUT2D eigenvalue weighted by Gasteiger charge is -2.21.